The molecule has 7 nitrogen and oxygen atoms in total. The summed E-state index contributed by atoms with van der Waals surface area (Å²) in [6.07, 6.45) is 3.45. The first-order chi connectivity index (χ1) is 19.2. The van der Waals surface area contributed by atoms with E-state index in [1.54, 1.807) is 24.3 Å². The minimum absolute atomic E-state index is 0.451. The Bertz CT molecular complexity index is 1600. The molecule has 6 aromatic rings. The molecule has 0 aliphatic heterocycles. The van der Waals surface area contributed by atoms with Gasteiger partial charge in [0.05, 0.1) is 13.3 Å². The largest absolute Gasteiger partial charge is 0.495 e. The predicted octanol–water partition coefficient (Wildman–Crippen LogP) is 5.83. The van der Waals surface area contributed by atoms with Crippen LogP contribution in [-0.4, -0.2) is 32.3 Å². The lowest BCUT2D eigenvalue weighted by Gasteiger charge is -2.34. The zero-order chi connectivity index (χ0) is 26.7. The highest BCUT2D eigenvalue weighted by molar-refractivity contribution is 5.82. The van der Waals surface area contributed by atoms with Gasteiger partial charge in [-0.05, 0) is 45.7 Å². The van der Waals surface area contributed by atoms with Crippen LogP contribution in [-0.2, 0) is 5.54 Å². The number of nitrogens with two attached hydrogens (primary N) is 1. The fourth-order valence-corrected chi connectivity index (χ4v) is 5.03. The molecule has 0 spiro atoms. The lowest BCUT2D eigenvalue weighted by Crippen LogP contribution is -2.39. The van der Waals surface area contributed by atoms with Crippen LogP contribution >= 0.6 is 0 Å². The molecule has 0 amide bonds. The molecule has 0 unspecified atom stereocenters. The van der Waals surface area contributed by atoms with Gasteiger partial charge in [-0.25, -0.2) is 0 Å². The van der Waals surface area contributed by atoms with Gasteiger partial charge in [0.15, 0.2) is 5.54 Å². The van der Waals surface area contributed by atoms with E-state index in [1.807, 2.05) is 78.9 Å². The zero-order valence-corrected chi connectivity index (χ0v) is 21.3. The summed E-state index contributed by atoms with van der Waals surface area (Å²) in [6.45, 7) is 0. The van der Waals surface area contributed by atoms with Gasteiger partial charge in [-0.1, -0.05) is 97.1 Å². The van der Waals surface area contributed by atoms with Gasteiger partial charge in [-0.2, -0.15) is 0 Å². The maximum atomic E-state index is 6.24. The van der Waals surface area contributed by atoms with Crippen molar-refractivity contribution >= 4 is 5.69 Å². The lowest BCUT2D eigenvalue weighted by molar-refractivity contribution is 0.396. The summed E-state index contributed by atoms with van der Waals surface area (Å²) < 4.78 is 5.41. The SMILES string of the molecule is COc1cncc(-c2ccc(N)cc2-c2nnn(C(c3ccccc3)(c3ccccc3)c3ccccc3)n2)c1. The van der Waals surface area contributed by atoms with Gasteiger partial charge in [-0.3, -0.25) is 4.98 Å². The van der Waals surface area contributed by atoms with Crippen molar-refractivity contribution < 1.29 is 4.74 Å². The third-order valence-electron chi connectivity index (χ3n) is 6.83. The molecule has 0 aliphatic carbocycles. The number of hydrogen-bond acceptors (Lipinski definition) is 6. The van der Waals surface area contributed by atoms with E-state index >= 15 is 0 Å². The summed E-state index contributed by atoms with van der Waals surface area (Å²) in [5.41, 5.74) is 11.5. The van der Waals surface area contributed by atoms with Crippen LogP contribution in [0.5, 0.6) is 5.75 Å². The number of methoxy groups -OCH3 is 1. The number of pyridine rings is 1. The van der Waals surface area contributed by atoms with Crippen LogP contribution in [0.1, 0.15) is 16.7 Å². The van der Waals surface area contributed by atoms with E-state index in [0.717, 1.165) is 33.4 Å². The molecule has 0 atom stereocenters. The molecule has 0 aliphatic rings. The monoisotopic (exact) mass is 510 g/mol. The summed E-state index contributed by atoms with van der Waals surface area (Å²) in [6, 6.07) is 38.3. The average molecular weight is 511 g/mol. The van der Waals surface area contributed by atoms with Crippen molar-refractivity contribution in [1.82, 2.24) is 25.2 Å². The molecule has 2 heterocycles. The molecule has 0 fully saturated rings. The van der Waals surface area contributed by atoms with Crippen molar-refractivity contribution in [1.29, 1.82) is 0 Å². The molecular formula is C32H26N6O. The summed E-state index contributed by atoms with van der Waals surface area (Å²) in [5.74, 6) is 1.11. The Morgan fingerprint density at radius 1 is 0.692 bits per heavy atom. The molecule has 2 aromatic heterocycles. The molecule has 39 heavy (non-hydrogen) atoms. The normalized spacial score (nSPS) is 11.3. The Balaban J connectivity index is 1.60. The quantitative estimate of drug-likeness (QED) is 0.215. The highest BCUT2D eigenvalue weighted by atomic mass is 16.5. The maximum Gasteiger partial charge on any atom is 0.205 e. The number of aromatic nitrogens is 5. The van der Waals surface area contributed by atoms with Crippen molar-refractivity contribution in [2.24, 2.45) is 0 Å². The number of benzene rings is 4. The third kappa shape index (κ3) is 4.30. The Kier molecular flexibility index (Phi) is 6.31. The molecule has 190 valence electrons. The van der Waals surface area contributed by atoms with E-state index in [0.29, 0.717) is 17.3 Å². The summed E-state index contributed by atoms with van der Waals surface area (Å²) >= 11 is 0. The van der Waals surface area contributed by atoms with Crippen molar-refractivity contribution in [3.63, 3.8) is 0 Å². The van der Waals surface area contributed by atoms with Crippen molar-refractivity contribution in [3.05, 3.63) is 144 Å². The summed E-state index contributed by atoms with van der Waals surface area (Å²) in [4.78, 5) is 6.04. The molecule has 4 aromatic carbocycles. The average Bonchev–Trinajstić information content (AvgIpc) is 3.50. The first-order valence-electron chi connectivity index (χ1n) is 12.6. The molecular weight excluding hydrogens is 484 g/mol. The Labute approximate surface area is 226 Å². The molecule has 0 bridgehead atoms. The summed E-state index contributed by atoms with van der Waals surface area (Å²) in [7, 11) is 1.62. The van der Waals surface area contributed by atoms with E-state index < -0.39 is 5.54 Å². The van der Waals surface area contributed by atoms with Crippen LogP contribution < -0.4 is 10.5 Å². The molecule has 0 saturated carbocycles. The number of ether oxygens (including phenoxy) is 1. The summed E-state index contributed by atoms with van der Waals surface area (Å²) in [5, 5.41) is 14.3. The zero-order valence-electron chi connectivity index (χ0n) is 21.3. The topological polar surface area (TPSA) is 91.7 Å². The van der Waals surface area contributed by atoms with E-state index in [2.05, 4.69) is 51.7 Å². The lowest BCUT2D eigenvalue weighted by atomic mass is 9.77. The second-order valence-corrected chi connectivity index (χ2v) is 9.13. The second-order valence-electron chi connectivity index (χ2n) is 9.13. The van der Waals surface area contributed by atoms with Gasteiger partial charge in [0, 0.05) is 23.0 Å². The predicted molar refractivity (Wildman–Crippen MR) is 152 cm³/mol. The molecule has 0 radical (unpaired) electrons. The fraction of sp³-hybridized carbons (Fsp3) is 0.0625. The smallest absolute Gasteiger partial charge is 0.205 e. The van der Waals surface area contributed by atoms with Gasteiger partial charge in [0.2, 0.25) is 5.82 Å². The van der Waals surface area contributed by atoms with Crippen molar-refractivity contribution in [3.8, 4) is 28.3 Å². The minimum atomic E-state index is -0.868. The van der Waals surface area contributed by atoms with Crippen molar-refractivity contribution in [2.75, 3.05) is 12.8 Å². The van der Waals surface area contributed by atoms with Crippen LogP contribution in [0.4, 0.5) is 5.69 Å². The van der Waals surface area contributed by atoms with E-state index in [-0.39, 0.29) is 0 Å². The maximum absolute atomic E-state index is 6.24. The van der Waals surface area contributed by atoms with Gasteiger partial charge in [0.25, 0.3) is 0 Å². The second kappa shape index (κ2) is 10.2. The van der Waals surface area contributed by atoms with E-state index in [9.17, 15) is 0 Å². The number of tetrazole rings is 1. The molecule has 7 heteroatoms. The molecule has 6 rings (SSSR count). The van der Waals surface area contributed by atoms with Crippen molar-refractivity contribution in [2.45, 2.75) is 5.54 Å². The van der Waals surface area contributed by atoms with Gasteiger partial charge in [-0.15, -0.1) is 15.0 Å². The Hall–Kier alpha value is -5.30. The number of nitrogen functional groups attached to an aromatic ring is 1. The van der Waals surface area contributed by atoms with Crippen LogP contribution in [0.3, 0.4) is 0 Å². The highest BCUT2D eigenvalue weighted by Crippen LogP contribution is 2.40. The van der Waals surface area contributed by atoms with E-state index in [4.69, 9.17) is 15.6 Å². The van der Waals surface area contributed by atoms with Gasteiger partial charge >= 0.3 is 0 Å². The van der Waals surface area contributed by atoms with Crippen LogP contribution in [0.25, 0.3) is 22.5 Å². The Morgan fingerprint density at radius 2 is 1.28 bits per heavy atom. The number of hydrogen-bond donors (Lipinski definition) is 1. The number of anilines is 1. The fourth-order valence-electron chi connectivity index (χ4n) is 5.03. The van der Waals surface area contributed by atoms with E-state index in [1.165, 1.54) is 0 Å². The highest BCUT2D eigenvalue weighted by Gasteiger charge is 2.41. The standard InChI is InChI=1S/C32H26N6O/c1-39-28-19-23(21-34-22-28)29-18-17-27(33)20-30(29)31-35-37-38(36-31)32(24-11-5-2-6-12-24,25-13-7-3-8-14-25)26-15-9-4-10-16-26/h2-22H,33H2,1H3. The third-order valence-corrected chi connectivity index (χ3v) is 6.83. The number of nitrogens with zero attached hydrogens (tertiary/aromatic N) is 5. The van der Waals surface area contributed by atoms with Gasteiger partial charge in [0.1, 0.15) is 5.75 Å². The van der Waals surface area contributed by atoms with Crippen LogP contribution in [0, 0.1) is 0 Å². The van der Waals surface area contributed by atoms with Crippen LogP contribution in [0.2, 0.25) is 0 Å². The minimum Gasteiger partial charge on any atom is -0.495 e. The Morgan fingerprint density at radius 3 is 1.85 bits per heavy atom. The van der Waals surface area contributed by atoms with Gasteiger partial charge < -0.3 is 10.5 Å². The molecule has 0 saturated heterocycles. The first kappa shape index (κ1) is 24.1. The number of rotatable bonds is 7. The molecule has 2 N–H and O–H groups in total. The van der Waals surface area contributed by atoms with Crippen LogP contribution in [0.15, 0.2) is 128 Å². The first-order valence-corrected chi connectivity index (χ1v) is 12.6.